The summed E-state index contributed by atoms with van der Waals surface area (Å²) in [6.45, 7) is 0. The molecule has 10 heteroatoms. The van der Waals surface area contributed by atoms with Crippen LogP contribution in [0.4, 0.5) is 10.1 Å². The Kier molecular flexibility index (Phi) is 3.72. The molecule has 0 spiro atoms. The maximum atomic E-state index is 13.4. The van der Waals surface area contributed by atoms with Crippen LogP contribution in [-0.2, 0) is 0 Å². The van der Waals surface area contributed by atoms with Crippen LogP contribution < -0.4 is 4.74 Å². The van der Waals surface area contributed by atoms with Gasteiger partial charge in [-0.05, 0) is 17.7 Å². The van der Waals surface area contributed by atoms with E-state index in [9.17, 15) is 14.5 Å². The van der Waals surface area contributed by atoms with Gasteiger partial charge in [-0.2, -0.15) is 9.37 Å². The van der Waals surface area contributed by atoms with Crippen molar-refractivity contribution in [2.45, 2.75) is 0 Å². The van der Waals surface area contributed by atoms with E-state index in [1.54, 1.807) is 0 Å². The molecule has 0 unspecified atom stereocenters. The Hall–Kier alpha value is -2.06. The zero-order valence-corrected chi connectivity index (χ0v) is 10.4. The van der Waals surface area contributed by atoms with Gasteiger partial charge in [0, 0.05) is 12.1 Å². The third-order valence-electron chi connectivity index (χ3n) is 1.92. The molecule has 19 heavy (non-hydrogen) atoms. The summed E-state index contributed by atoms with van der Waals surface area (Å²) in [5, 5.41) is 16.9. The maximum Gasteiger partial charge on any atom is 0.305 e. The summed E-state index contributed by atoms with van der Waals surface area (Å²) in [5.41, 5.74) is -0.669. The van der Waals surface area contributed by atoms with Crippen LogP contribution in [0.15, 0.2) is 18.2 Å². The minimum atomic E-state index is -1.05. The molecule has 0 saturated heterocycles. The molecule has 0 aliphatic heterocycles. The second-order valence-corrected chi connectivity index (χ2v) is 3.85. The van der Waals surface area contributed by atoms with Gasteiger partial charge in [0.15, 0.2) is 0 Å². The normalized spacial score (nSPS) is 10.3. The standard InChI is InChI=1S/C9H3Cl2FN4O3/c10-7-8(13-9(11)15-14-7)19-4-1-2-6(16(17)18)5(12)3-4/h1-3H. The van der Waals surface area contributed by atoms with Crippen LogP contribution in [0.25, 0.3) is 0 Å². The van der Waals surface area contributed by atoms with Crippen LogP contribution in [0.1, 0.15) is 0 Å². The van der Waals surface area contributed by atoms with Crippen molar-refractivity contribution in [1.82, 2.24) is 15.2 Å². The van der Waals surface area contributed by atoms with Gasteiger partial charge in [0.05, 0.1) is 4.92 Å². The fraction of sp³-hybridized carbons (Fsp3) is 0. The molecule has 7 nitrogen and oxygen atoms in total. The van der Waals surface area contributed by atoms with Crippen LogP contribution in [0.5, 0.6) is 11.6 Å². The second-order valence-electron chi connectivity index (χ2n) is 3.15. The lowest BCUT2D eigenvalue weighted by Gasteiger charge is -2.05. The van der Waals surface area contributed by atoms with E-state index in [-0.39, 0.29) is 22.1 Å². The number of nitrogens with zero attached hydrogens (tertiary/aromatic N) is 4. The van der Waals surface area contributed by atoms with Crippen LogP contribution in [0.3, 0.4) is 0 Å². The van der Waals surface area contributed by atoms with Gasteiger partial charge in [0.1, 0.15) is 5.75 Å². The van der Waals surface area contributed by atoms with Crippen molar-refractivity contribution in [1.29, 1.82) is 0 Å². The molecule has 0 radical (unpaired) electrons. The Morgan fingerprint density at radius 3 is 2.68 bits per heavy atom. The number of benzene rings is 1. The van der Waals surface area contributed by atoms with E-state index in [1.165, 1.54) is 6.07 Å². The highest BCUT2D eigenvalue weighted by Crippen LogP contribution is 2.28. The van der Waals surface area contributed by atoms with Crippen molar-refractivity contribution >= 4 is 28.9 Å². The molecule has 1 aromatic heterocycles. The lowest BCUT2D eigenvalue weighted by molar-refractivity contribution is -0.387. The Bertz CT molecular complexity index is 655. The number of nitro benzene ring substituents is 1. The molecule has 98 valence electrons. The molecule has 2 aromatic rings. The fourth-order valence-electron chi connectivity index (χ4n) is 1.16. The molecular formula is C9H3Cl2FN4O3. The van der Waals surface area contributed by atoms with Gasteiger partial charge in [0.2, 0.25) is 16.3 Å². The van der Waals surface area contributed by atoms with E-state index in [1.807, 2.05) is 0 Å². The summed E-state index contributed by atoms with van der Waals surface area (Å²) in [6.07, 6.45) is 0. The lowest BCUT2D eigenvalue weighted by atomic mass is 10.3. The number of nitro groups is 1. The van der Waals surface area contributed by atoms with Crippen LogP contribution in [0, 0.1) is 15.9 Å². The predicted molar refractivity (Wildman–Crippen MR) is 63.0 cm³/mol. The summed E-state index contributed by atoms with van der Waals surface area (Å²) >= 11 is 11.1. The van der Waals surface area contributed by atoms with Crippen LogP contribution >= 0.6 is 23.2 Å². The zero-order chi connectivity index (χ0) is 14.0. The second kappa shape index (κ2) is 5.29. The van der Waals surface area contributed by atoms with Crippen molar-refractivity contribution in [2.75, 3.05) is 0 Å². The number of hydrogen-bond donors (Lipinski definition) is 0. The van der Waals surface area contributed by atoms with Gasteiger partial charge in [-0.15, -0.1) is 10.2 Å². The largest absolute Gasteiger partial charge is 0.436 e. The molecule has 1 heterocycles. The summed E-state index contributed by atoms with van der Waals surface area (Å²) < 4.78 is 18.5. The Balaban J connectivity index is 2.31. The first-order chi connectivity index (χ1) is 8.97. The van der Waals surface area contributed by atoms with Gasteiger partial charge >= 0.3 is 5.69 Å². The third-order valence-corrected chi connectivity index (χ3v) is 2.32. The predicted octanol–water partition coefficient (Wildman–Crippen LogP) is 3.02. The van der Waals surface area contributed by atoms with Gasteiger partial charge in [-0.1, -0.05) is 11.6 Å². The van der Waals surface area contributed by atoms with E-state index in [0.717, 1.165) is 12.1 Å². The van der Waals surface area contributed by atoms with Crippen molar-refractivity contribution in [2.24, 2.45) is 0 Å². The molecule has 0 fully saturated rings. The molecular weight excluding hydrogens is 302 g/mol. The zero-order valence-electron chi connectivity index (χ0n) is 8.88. The van der Waals surface area contributed by atoms with Crippen LogP contribution in [-0.4, -0.2) is 20.1 Å². The van der Waals surface area contributed by atoms with Gasteiger partial charge in [0.25, 0.3) is 5.88 Å². The van der Waals surface area contributed by atoms with E-state index in [2.05, 4.69) is 15.2 Å². The number of rotatable bonds is 3. The first-order valence-corrected chi connectivity index (χ1v) is 5.40. The molecule has 0 N–H and O–H groups in total. The molecule has 0 amide bonds. The van der Waals surface area contributed by atoms with Crippen molar-refractivity contribution in [3.63, 3.8) is 0 Å². The van der Waals surface area contributed by atoms with Gasteiger partial charge in [-0.25, -0.2) is 0 Å². The first kappa shape index (κ1) is 13.4. The number of ether oxygens (including phenoxy) is 1. The molecule has 0 aliphatic carbocycles. The Morgan fingerprint density at radius 2 is 2.05 bits per heavy atom. The maximum absolute atomic E-state index is 13.4. The summed E-state index contributed by atoms with van der Waals surface area (Å²) in [4.78, 5) is 13.2. The molecule has 0 atom stereocenters. The van der Waals surface area contributed by atoms with E-state index < -0.39 is 16.4 Å². The first-order valence-electron chi connectivity index (χ1n) is 4.65. The van der Waals surface area contributed by atoms with Gasteiger partial charge in [-0.3, -0.25) is 10.1 Å². The topological polar surface area (TPSA) is 91.0 Å². The average Bonchev–Trinajstić information content (AvgIpc) is 2.33. The number of hydrogen-bond acceptors (Lipinski definition) is 6. The Morgan fingerprint density at radius 1 is 1.32 bits per heavy atom. The van der Waals surface area contributed by atoms with Crippen molar-refractivity contribution < 1.29 is 14.1 Å². The minimum absolute atomic E-state index is 0.0402. The Labute approximate surface area is 115 Å². The summed E-state index contributed by atoms with van der Waals surface area (Å²) in [7, 11) is 0. The van der Waals surface area contributed by atoms with Crippen LogP contribution in [0.2, 0.25) is 10.4 Å². The van der Waals surface area contributed by atoms with E-state index in [0.29, 0.717) is 0 Å². The van der Waals surface area contributed by atoms with E-state index >= 15 is 0 Å². The smallest absolute Gasteiger partial charge is 0.305 e. The molecule has 1 aromatic carbocycles. The summed E-state index contributed by atoms with van der Waals surface area (Å²) in [5.74, 6) is -1.27. The van der Waals surface area contributed by atoms with Crippen molar-refractivity contribution in [3.05, 3.63) is 44.6 Å². The molecule has 0 saturated carbocycles. The summed E-state index contributed by atoms with van der Waals surface area (Å²) in [6, 6.07) is 2.97. The van der Waals surface area contributed by atoms with E-state index in [4.69, 9.17) is 27.9 Å². The fourth-order valence-corrected chi connectivity index (χ4v) is 1.39. The lowest BCUT2D eigenvalue weighted by Crippen LogP contribution is -1.96. The third kappa shape index (κ3) is 3.04. The average molecular weight is 305 g/mol. The molecule has 0 aliphatic rings. The van der Waals surface area contributed by atoms with Gasteiger partial charge < -0.3 is 4.74 Å². The number of aromatic nitrogens is 3. The highest BCUT2D eigenvalue weighted by Gasteiger charge is 2.16. The SMILES string of the molecule is O=[N+]([O-])c1ccc(Oc2nc(Cl)nnc2Cl)cc1F. The molecule has 0 bridgehead atoms. The highest BCUT2D eigenvalue weighted by molar-refractivity contribution is 6.31. The minimum Gasteiger partial charge on any atom is -0.436 e. The monoisotopic (exact) mass is 304 g/mol. The quantitative estimate of drug-likeness (QED) is 0.639. The molecule has 2 rings (SSSR count). The highest BCUT2D eigenvalue weighted by atomic mass is 35.5. The van der Waals surface area contributed by atoms with Crippen molar-refractivity contribution in [3.8, 4) is 11.6 Å². The number of halogens is 3.